The Labute approximate surface area is 154 Å². The molecule has 1 heterocycles. The van der Waals surface area contributed by atoms with Gasteiger partial charge in [0.15, 0.2) is 5.78 Å². The maximum absolute atomic E-state index is 13.1. The molecular weight excluding hydrogens is 350 g/mol. The van der Waals surface area contributed by atoms with Crippen molar-refractivity contribution in [2.24, 2.45) is 0 Å². The third-order valence-corrected chi connectivity index (χ3v) is 6.87. The standard InChI is InChI=1S/C20H23NO4S/c1-14-6-11-18(13-15(14)2)26(23,24)21-12-4-5-19(21)20(22)16-7-9-17(25-3)10-8-16/h6-11,13,19H,4-5,12H2,1-3H3. The number of carbonyl (C=O) groups excluding carboxylic acids is 1. The van der Waals surface area contributed by atoms with Crippen LogP contribution in [-0.4, -0.2) is 38.2 Å². The number of benzene rings is 2. The summed E-state index contributed by atoms with van der Waals surface area (Å²) in [5, 5.41) is 0. The molecule has 6 heteroatoms. The molecule has 5 nitrogen and oxygen atoms in total. The summed E-state index contributed by atoms with van der Waals surface area (Å²) in [6.45, 7) is 4.19. The molecule has 26 heavy (non-hydrogen) atoms. The lowest BCUT2D eigenvalue weighted by Crippen LogP contribution is -2.40. The Morgan fingerprint density at radius 3 is 2.38 bits per heavy atom. The van der Waals surface area contributed by atoms with Gasteiger partial charge in [0, 0.05) is 12.1 Å². The second-order valence-electron chi connectivity index (χ2n) is 6.61. The number of Topliss-reactive ketones (excluding diaryl/α,β-unsaturated/α-hetero) is 1. The van der Waals surface area contributed by atoms with Crippen LogP contribution in [0.15, 0.2) is 47.4 Å². The highest BCUT2D eigenvalue weighted by Crippen LogP contribution is 2.29. The number of nitrogens with zero attached hydrogens (tertiary/aromatic N) is 1. The lowest BCUT2D eigenvalue weighted by molar-refractivity contribution is 0.0918. The van der Waals surface area contributed by atoms with Gasteiger partial charge in [-0.15, -0.1) is 0 Å². The van der Waals surface area contributed by atoms with Gasteiger partial charge in [-0.3, -0.25) is 4.79 Å². The van der Waals surface area contributed by atoms with Crippen LogP contribution in [0.5, 0.6) is 5.75 Å². The molecule has 0 aromatic heterocycles. The average molecular weight is 373 g/mol. The Bertz CT molecular complexity index is 919. The van der Waals surface area contributed by atoms with Crippen LogP contribution in [0.3, 0.4) is 0 Å². The van der Waals surface area contributed by atoms with Crippen molar-refractivity contribution in [3.63, 3.8) is 0 Å². The molecule has 3 rings (SSSR count). The van der Waals surface area contributed by atoms with E-state index in [2.05, 4.69) is 0 Å². The zero-order chi connectivity index (χ0) is 18.9. The number of hydrogen-bond acceptors (Lipinski definition) is 4. The van der Waals surface area contributed by atoms with Crippen LogP contribution in [0.1, 0.15) is 34.3 Å². The van der Waals surface area contributed by atoms with Gasteiger partial charge < -0.3 is 4.74 Å². The largest absolute Gasteiger partial charge is 0.497 e. The zero-order valence-electron chi connectivity index (χ0n) is 15.2. The Morgan fingerprint density at radius 1 is 1.08 bits per heavy atom. The molecule has 1 atom stereocenters. The maximum Gasteiger partial charge on any atom is 0.243 e. The first-order valence-electron chi connectivity index (χ1n) is 8.62. The van der Waals surface area contributed by atoms with Gasteiger partial charge in [-0.05, 0) is 74.2 Å². The summed E-state index contributed by atoms with van der Waals surface area (Å²) >= 11 is 0. The Balaban J connectivity index is 1.91. The molecule has 1 unspecified atom stereocenters. The molecule has 0 saturated carbocycles. The molecule has 0 N–H and O–H groups in total. The van der Waals surface area contributed by atoms with Crippen LogP contribution >= 0.6 is 0 Å². The Morgan fingerprint density at radius 2 is 1.77 bits per heavy atom. The van der Waals surface area contributed by atoms with Gasteiger partial charge in [-0.1, -0.05) is 6.07 Å². The van der Waals surface area contributed by atoms with E-state index in [0.717, 1.165) is 11.1 Å². The fraction of sp³-hybridized carbons (Fsp3) is 0.350. The first-order valence-corrected chi connectivity index (χ1v) is 10.1. The summed E-state index contributed by atoms with van der Waals surface area (Å²) in [6, 6.07) is 11.2. The summed E-state index contributed by atoms with van der Waals surface area (Å²) in [4.78, 5) is 13.2. The molecule has 1 saturated heterocycles. The fourth-order valence-corrected chi connectivity index (χ4v) is 4.99. The Kier molecular flexibility index (Phi) is 5.16. The first kappa shape index (κ1) is 18.6. The molecule has 0 bridgehead atoms. The van der Waals surface area contributed by atoms with Crippen molar-refractivity contribution in [1.29, 1.82) is 0 Å². The SMILES string of the molecule is COc1ccc(C(=O)C2CCCN2S(=O)(=O)c2ccc(C)c(C)c2)cc1. The maximum atomic E-state index is 13.1. The normalized spacial score (nSPS) is 18.0. The smallest absolute Gasteiger partial charge is 0.243 e. The van der Waals surface area contributed by atoms with Crippen LogP contribution in [0.4, 0.5) is 0 Å². The molecular formula is C20H23NO4S. The second-order valence-corrected chi connectivity index (χ2v) is 8.50. The number of ketones is 1. The number of sulfonamides is 1. The number of aryl methyl sites for hydroxylation is 2. The van der Waals surface area contributed by atoms with Gasteiger partial charge in [-0.2, -0.15) is 4.31 Å². The van der Waals surface area contributed by atoms with Crippen LogP contribution in [0, 0.1) is 13.8 Å². The van der Waals surface area contributed by atoms with Crippen LogP contribution in [0.25, 0.3) is 0 Å². The van der Waals surface area contributed by atoms with Crippen molar-refractivity contribution in [3.05, 3.63) is 59.2 Å². The highest BCUT2D eigenvalue weighted by molar-refractivity contribution is 7.89. The highest BCUT2D eigenvalue weighted by atomic mass is 32.2. The molecule has 0 amide bonds. The lowest BCUT2D eigenvalue weighted by Gasteiger charge is -2.23. The number of rotatable bonds is 5. The van der Waals surface area contributed by atoms with Crippen molar-refractivity contribution in [2.75, 3.05) is 13.7 Å². The van der Waals surface area contributed by atoms with Crippen molar-refractivity contribution in [3.8, 4) is 5.75 Å². The summed E-state index contributed by atoms with van der Waals surface area (Å²) in [7, 11) is -2.14. The minimum Gasteiger partial charge on any atom is -0.497 e. The van der Waals surface area contributed by atoms with Crippen molar-refractivity contribution < 1.29 is 17.9 Å². The van der Waals surface area contributed by atoms with Crippen molar-refractivity contribution in [2.45, 2.75) is 37.6 Å². The van der Waals surface area contributed by atoms with E-state index in [-0.39, 0.29) is 10.7 Å². The second kappa shape index (κ2) is 7.21. The van der Waals surface area contributed by atoms with E-state index < -0.39 is 16.1 Å². The molecule has 0 spiro atoms. The minimum atomic E-state index is -3.71. The number of methoxy groups -OCH3 is 1. The van der Waals surface area contributed by atoms with Gasteiger partial charge in [-0.25, -0.2) is 8.42 Å². The topological polar surface area (TPSA) is 63.7 Å². The predicted octanol–water partition coefficient (Wildman–Crippen LogP) is 3.35. The third kappa shape index (κ3) is 3.39. The molecule has 1 fully saturated rings. The first-order chi connectivity index (χ1) is 12.3. The van der Waals surface area contributed by atoms with Crippen molar-refractivity contribution in [1.82, 2.24) is 4.31 Å². The summed E-state index contributed by atoms with van der Waals surface area (Å²) in [5.41, 5.74) is 2.46. The number of carbonyl (C=O) groups is 1. The molecule has 0 radical (unpaired) electrons. The summed E-state index contributed by atoms with van der Waals surface area (Å²) in [6.07, 6.45) is 1.21. The van der Waals surface area contributed by atoms with E-state index in [9.17, 15) is 13.2 Å². The minimum absolute atomic E-state index is 0.169. The fourth-order valence-electron chi connectivity index (χ4n) is 3.25. The molecule has 1 aliphatic heterocycles. The van der Waals surface area contributed by atoms with Gasteiger partial charge in [0.25, 0.3) is 0 Å². The quantitative estimate of drug-likeness (QED) is 0.754. The molecule has 1 aliphatic rings. The summed E-state index contributed by atoms with van der Waals surface area (Å²) in [5.74, 6) is 0.491. The predicted molar refractivity (Wildman–Crippen MR) is 100 cm³/mol. The van der Waals surface area contributed by atoms with E-state index in [1.807, 2.05) is 13.8 Å². The third-order valence-electron chi connectivity index (χ3n) is 4.97. The molecule has 2 aromatic carbocycles. The van der Waals surface area contributed by atoms with Gasteiger partial charge in [0.1, 0.15) is 5.75 Å². The molecule has 0 aliphatic carbocycles. The van der Waals surface area contributed by atoms with Crippen molar-refractivity contribution >= 4 is 15.8 Å². The van der Waals surface area contributed by atoms with Crippen LogP contribution in [0.2, 0.25) is 0 Å². The van der Waals surface area contributed by atoms with Crippen LogP contribution in [-0.2, 0) is 10.0 Å². The monoisotopic (exact) mass is 373 g/mol. The highest BCUT2D eigenvalue weighted by Gasteiger charge is 2.39. The van der Waals surface area contributed by atoms with E-state index in [1.54, 1.807) is 49.6 Å². The number of hydrogen-bond donors (Lipinski definition) is 0. The average Bonchev–Trinajstić information content (AvgIpc) is 3.14. The van der Waals surface area contributed by atoms with E-state index in [4.69, 9.17) is 4.74 Å². The van der Waals surface area contributed by atoms with E-state index in [1.165, 1.54) is 4.31 Å². The van der Waals surface area contributed by atoms with Gasteiger partial charge in [0.05, 0.1) is 18.0 Å². The lowest BCUT2D eigenvalue weighted by atomic mass is 10.0. The van der Waals surface area contributed by atoms with Gasteiger partial charge in [0.2, 0.25) is 10.0 Å². The Hall–Kier alpha value is -2.18. The van der Waals surface area contributed by atoms with E-state index in [0.29, 0.717) is 30.7 Å². The van der Waals surface area contributed by atoms with Crippen LogP contribution < -0.4 is 4.74 Å². The van der Waals surface area contributed by atoms with Gasteiger partial charge >= 0.3 is 0 Å². The zero-order valence-corrected chi connectivity index (χ0v) is 16.0. The van der Waals surface area contributed by atoms with E-state index >= 15 is 0 Å². The molecule has 2 aromatic rings. The summed E-state index contributed by atoms with van der Waals surface area (Å²) < 4.78 is 32.7. The number of ether oxygens (including phenoxy) is 1. The molecule has 138 valence electrons.